The van der Waals surface area contributed by atoms with Crippen molar-refractivity contribution in [2.75, 3.05) is 6.54 Å². The first-order valence-corrected chi connectivity index (χ1v) is 6.36. The maximum absolute atomic E-state index is 12.2. The van der Waals surface area contributed by atoms with E-state index in [0.717, 1.165) is 11.3 Å². The Morgan fingerprint density at radius 3 is 2.53 bits per heavy atom. The lowest BCUT2D eigenvalue weighted by atomic mass is 10.2. The van der Waals surface area contributed by atoms with Crippen molar-refractivity contribution in [3.8, 4) is 0 Å². The number of carbonyl (C=O) groups excluding carboxylic acids is 1. The second-order valence-corrected chi connectivity index (χ2v) is 5.28. The third-order valence-corrected chi connectivity index (χ3v) is 3.63. The van der Waals surface area contributed by atoms with Crippen molar-refractivity contribution in [1.29, 1.82) is 0 Å². The van der Waals surface area contributed by atoms with E-state index in [1.54, 1.807) is 6.07 Å². The fraction of sp³-hybridized carbons (Fsp3) is 0.500. The molecule has 0 bridgehead atoms. The minimum Gasteiger partial charge on any atom is -0.480 e. The molecule has 0 aliphatic rings. The maximum Gasteiger partial charge on any atom is 0.323 e. The molecule has 0 radical (unpaired) electrons. The van der Waals surface area contributed by atoms with E-state index >= 15 is 0 Å². The average molecular weight is 255 g/mol. The van der Waals surface area contributed by atoms with Gasteiger partial charge in [-0.25, -0.2) is 0 Å². The van der Waals surface area contributed by atoms with Crippen molar-refractivity contribution in [2.45, 2.75) is 33.2 Å². The molecular formula is C12H17NO3S. The number of hydrogen-bond acceptors (Lipinski definition) is 3. The molecule has 1 rings (SSSR count). The highest BCUT2D eigenvalue weighted by Gasteiger charge is 2.23. The summed E-state index contributed by atoms with van der Waals surface area (Å²) in [4.78, 5) is 26.0. The van der Waals surface area contributed by atoms with Gasteiger partial charge in [0.15, 0.2) is 0 Å². The highest BCUT2D eigenvalue weighted by Crippen LogP contribution is 2.19. The Morgan fingerprint density at radius 2 is 2.12 bits per heavy atom. The molecule has 0 saturated carbocycles. The predicted octanol–water partition coefficient (Wildman–Crippen LogP) is 2.38. The first-order valence-electron chi connectivity index (χ1n) is 5.55. The fourth-order valence-corrected chi connectivity index (χ4v) is 2.31. The molecule has 1 unspecified atom stereocenters. The molecule has 1 atom stereocenters. The molecule has 1 amide bonds. The molecule has 0 aromatic carbocycles. The quantitative estimate of drug-likeness (QED) is 0.878. The van der Waals surface area contributed by atoms with Crippen LogP contribution in [0, 0.1) is 6.92 Å². The number of aryl methyl sites for hydroxylation is 1. The SMILES string of the molecule is CCC(C)N(CC(=O)O)C(=O)c1ccc(C)s1. The molecule has 94 valence electrons. The Labute approximate surface area is 105 Å². The standard InChI is InChI=1S/C12H17NO3S/c1-4-8(2)13(7-11(14)15)12(16)10-6-5-9(3)17-10/h5-6,8H,4,7H2,1-3H3,(H,14,15). The molecule has 5 heteroatoms. The number of thiophene rings is 1. The number of amides is 1. The van der Waals surface area contributed by atoms with Crippen molar-refractivity contribution in [3.05, 3.63) is 21.9 Å². The van der Waals surface area contributed by atoms with Gasteiger partial charge in [-0.1, -0.05) is 6.92 Å². The molecule has 0 fully saturated rings. The van der Waals surface area contributed by atoms with Crippen LogP contribution in [0.15, 0.2) is 12.1 Å². The monoisotopic (exact) mass is 255 g/mol. The summed E-state index contributed by atoms with van der Waals surface area (Å²) >= 11 is 1.40. The molecule has 0 aliphatic carbocycles. The molecule has 0 saturated heterocycles. The van der Waals surface area contributed by atoms with Crippen molar-refractivity contribution >= 4 is 23.2 Å². The van der Waals surface area contributed by atoms with Crippen molar-refractivity contribution in [3.63, 3.8) is 0 Å². The fourth-order valence-electron chi connectivity index (χ4n) is 1.48. The van der Waals surface area contributed by atoms with E-state index < -0.39 is 5.97 Å². The van der Waals surface area contributed by atoms with E-state index in [1.807, 2.05) is 26.8 Å². The van der Waals surface area contributed by atoms with Gasteiger partial charge in [-0.2, -0.15) is 0 Å². The third-order valence-electron chi connectivity index (χ3n) is 2.64. The smallest absolute Gasteiger partial charge is 0.323 e. The number of rotatable bonds is 5. The van der Waals surface area contributed by atoms with E-state index in [0.29, 0.717) is 4.88 Å². The van der Waals surface area contributed by atoms with Gasteiger partial charge in [0, 0.05) is 10.9 Å². The van der Waals surface area contributed by atoms with E-state index in [-0.39, 0.29) is 18.5 Å². The van der Waals surface area contributed by atoms with Crippen molar-refractivity contribution in [1.82, 2.24) is 4.90 Å². The highest BCUT2D eigenvalue weighted by molar-refractivity contribution is 7.13. The number of carboxylic acids is 1. The molecule has 0 aliphatic heterocycles. The van der Waals surface area contributed by atoms with Crippen LogP contribution >= 0.6 is 11.3 Å². The maximum atomic E-state index is 12.2. The Morgan fingerprint density at radius 1 is 1.47 bits per heavy atom. The van der Waals surface area contributed by atoms with Gasteiger partial charge in [-0.15, -0.1) is 11.3 Å². The number of aliphatic carboxylic acids is 1. The first-order chi connectivity index (χ1) is 7.95. The Hall–Kier alpha value is -1.36. The number of carboxylic acid groups (broad SMARTS) is 1. The van der Waals surface area contributed by atoms with Gasteiger partial charge in [-0.3, -0.25) is 9.59 Å². The van der Waals surface area contributed by atoms with Crippen LogP contribution in [0.4, 0.5) is 0 Å². The minimum absolute atomic E-state index is 0.0685. The molecular weight excluding hydrogens is 238 g/mol. The Bertz CT molecular complexity index is 414. The van der Waals surface area contributed by atoms with Gasteiger partial charge in [-0.05, 0) is 32.4 Å². The minimum atomic E-state index is -0.980. The van der Waals surface area contributed by atoms with Gasteiger partial charge in [0.2, 0.25) is 0 Å². The van der Waals surface area contributed by atoms with Crippen LogP contribution in [-0.4, -0.2) is 34.5 Å². The van der Waals surface area contributed by atoms with Crippen LogP contribution in [0.2, 0.25) is 0 Å². The van der Waals surface area contributed by atoms with Gasteiger partial charge in [0.25, 0.3) is 5.91 Å². The zero-order valence-corrected chi connectivity index (χ0v) is 11.1. The summed E-state index contributed by atoms with van der Waals surface area (Å²) in [6, 6.07) is 3.55. The number of carbonyl (C=O) groups is 2. The van der Waals surface area contributed by atoms with Gasteiger partial charge in [0.1, 0.15) is 6.54 Å². The second-order valence-electron chi connectivity index (χ2n) is 3.99. The summed E-state index contributed by atoms with van der Waals surface area (Å²) in [6.07, 6.45) is 0.739. The first kappa shape index (κ1) is 13.7. The zero-order chi connectivity index (χ0) is 13.0. The van der Waals surface area contributed by atoms with Crippen LogP contribution in [0.1, 0.15) is 34.8 Å². The van der Waals surface area contributed by atoms with Crippen molar-refractivity contribution in [2.24, 2.45) is 0 Å². The summed E-state index contributed by atoms with van der Waals surface area (Å²) in [5, 5.41) is 8.84. The topological polar surface area (TPSA) is 57.6 Å². The molecule has 0 spiro atoms. The van der Waals surface area contributed by atoms with E-state index in [1.165, 1.54) is 16.2 Å². The summed E-state index contributed by atoms with van der Waals surface area (Å²) in [7, 11) is 0. The van der Waals surface area contributed by atoms with Crippen LogP contribution < -0.4 is 0 Å². The lowest BCUT2D eigenvalue weighted by Gasteiger charge is -2.26. The molecule has 1 N–H and O–H groups in total. The molecule has 4 nitrogen and oxygen atoms in total. The summed E-state index contributed by atoms with van der Waals surface area (Å²) in [5.74, 6) is -1.17. The van der Waals surface area contributed by atoms with E-state index in [9.17, 15) is 9.59 Å². The Balaban J connectivity index is 2.89. The third kappa shape index (κ3) is 3.56. The van der Waals surface area contributed by atoms with Crippen molar-refractivity contribution < 1.29 is 14.7 Å². The summed E-state index contributed by atoms with van der Waals surface area (Å²) < 4.78 is 0. The number of hydrogen-bond donors (Lipinski definition) is 1. The van der Waals surface area contributed by atoms with E-state index in [2.05, 4.69) is 0 Å². The highest BCUT2D eigenvalue weighted by atomic mass is 32.1. The van der Waals surface area contributed by atoms with Crippen LogP contribution in [0.3, 0.4) is 0 Å². The van der Waals surface area contributed by atoms with Gasteiger partial charge in [0.05, 0.1) is 4.88 Å². The second kappa shape index (κ2) is 5.82. The molecule has 1 aromatic heterocycles. The van der Waals surface area contributed by atoms with Crippen LogP contribution in [0.25, 0.3) is 0 Å². The summed E-state index contributed by atoms with van der Waals surface area (Å²) in [5.41, 5.74) is 0. The Kier molecular flexibility index (Phi) is 4.69. The van der Waals surface area contributed by atoms with Crippen LogP contribution in [0.5, 0.6) is 0 Å². The lowest BCUT2D eigenvalue weighted by Crippen LogP contribution is -2.41. The predicted molar refractivity (Wildman–Crippen MR) is 67.5 cm³/mol. The summed E-state index contributed by atoms with van der Waals surface area (Å²) in [6.45, 7) is 5.48. The van der Waals surface area contributed by atoms with Crippen LogP contribution in [-0.2, 0) is 4.79 Å². The largest absolute Gasteiger partial charge is 0.480 e. The molecule has 1 aromatic rings. The lowest BCUT2D eigenvalue weighted by molar-refractivity contribution is -0.138. The molecule has 17 heavy (non-hydrogen) atoms. The molecule has 1 heterocycles. The average Bonchev–Trinajstić information content (AvgIpc) is 2.70. The van der Waals surface area contributed by atoms with Gasteiger partial charge < -0.3 is 10.0 Å². The van der Waals surface area contributed by atoms with E-state index in [4.69, 9.17) is 5.11 Å². The normalized spacial score (nSPS) is 12.2. The van der Waals surface area contributed by atoms with Gasteiger partial charge >= 0.3 is 5.97 Å². The number of nitrogens with zero attached hydrogens (tertiary/aromatic N) is 1. The zero-order valence-electron chi connectivity index (χ0n) is 10.3.